The molecule has 0 aliphatic heterocycles. The van der Waals surface area contributed by atoms with Gasteiger partial charge in [-0.1, -0.05) is 12.1 Å². The highest BCUT2D eigenvalue weighted by Crippen LogP contribution is 2.24. The second kappa shape index (κ2) is 5.33. The molecule has 0 aliphatic carbocycles. The van der Waals surface area contributed by atoms with Crippen LogP contribution in [0.1, 0.15) is 0 Å². The Kier molecular flexibility index (Phi) is 3.21. The minimum atomic E-state index is 0.205. The van der Waals surface area contributed by atoms with E-state index >= 15 is 0 Å². The number of nitrogens with zero attached hydrogens (tertiary/aromatic N) is 4. The Morgan fingerprint density at radius 2 is 1.85 bits per heavy atom. The SMILES string of the molecule is N#CCNc1nc(-c2ccncc2)nc2ccccc12. The van der Waals surface area contributed by atoms with Crippen molar-refractivity contribution in [2.24, 2.45) is 0 Å². The maximum absolute atomic E-state index is 8.72. The van der Waals surface area contributed by atoms with Crippen LogP contribution >= 0.6 is 0 Å². The smallest absolute Gasteiger partial charge is 0.162 e. The minimum Gasteiger partial charge on any atom is -0.356 e. The maximum Gasteiger partial charge on any atom is 0.162 e. The number of fused-ring (bicyclic) bond motifs is 1. The van der Waals surface area contributed by atoms with Crippen molar-refractivity contribution in [2.45, 2.75) is 0 Å². The van der Waals surface area contributed by atoms with Crippen LogP contribution in [0.2, 0.25) is 0 Å². The Hall–Kier alpha value is -3.00. The zero-order valence-corrected chi connectivity index (χ0v) is 10.6. The van der Waals surface area contributed by atoms with E-state index in [9.17, 15) is 0 Å². The van der Waals surface area contributed by atoms with Gasteiger partial charge in [-0.2, -0.15) is 5.26 Å². The van der Waals surface area contributed by atoms with Gasteiger partial charge in [0.05, 0.1) is 11.6 Å². The molecular formula is C15H11N5. The predicted octanol–water partition coefficient (Wildman–Crippen LogP) is 2.63. The second-order valence-corrected chi connectivity index (χ2v) is 4.16. The fourth-order valence-electron chi connectivity index (χ4n) is 1.96. The van der Waals surface area contributed by atoms with E-state index in [0.29, 0.717) is 11.6 Å². The summed E-state index contributed by atoms with van der Waals surface area (Å²) in [6.07, 6.45) is 3.41. The van der Waals surface area contributed by atoms with E-state index < -0.39 is 0 Å². The van der Waals surface area contributed by atoms with Gasteiger partial charge in [-0.25, -0.2) is 9.97 Å². The third kappa shape index (κ3) is 2.27. The number of hydrogen-bond donors (Lipinski definition) is 1. The van der Waals surface area contributed by atoms with Crippen molar-refractivity contribution in [3.05, 3.63) is 48.8 Å². The normalized spacial score (nSPS) is 10.2. The van der Waals surface area contributed by atoms with Crippen LogP contribution in [-0.4, -0.2) is 21.5 Å². The molecule has 5 heteroatoms. The fourth-order valence-corrected chi connectivity index (χ4v) is 1.96. The molecule has 0 fully saturated rings. The van der Waals surface area contributed by atoms with E-state index in [4.69, 9.17) is 5.26 Å². The molecule has 2 heterocycles. The molecule has 0 radical (unpaired) electrons. The Labute approximate surface area is 116 Å². The average molecular weight is 261 g/mol. The molecule has 0 aliphatic rings. The summed E-state index contributed by atoms with van der Waals surface area (Å²) in [5, 5.41) is 12.6. The third-order valence-corrected chi connectivity index (χ3v) is 2.88. The average Bonchev–Trinajstić information content (AvgIpc) is 2.53. The van der Waals surface area contributed by atoms with Gasteiger partial charge in [-0.05, 0) is 24.3 Å². The molecule has 0 saturated heterocycles. The van der Waals surface area contributed by atoms with E-state index in [-0.39, 0.29) is 6.54 Å². The number of rotatable bonds is 3. The Bertz CT molecular complexity index is 777. The van der Waals surface area contributed by atoms with Crippen LogP contribution in [0.4, 0.5) is 5.82 Å². The summed E-state index contributed by atoms with van der Waals surface area (Å²) in [5.74, 6) is 1.29. The van der Waals surface area contributed by atoms with Gasteiger partial charge < -0.3 is 5.32 Å². The van der Waals surface area contributed by atoms with Crippen molar-refractivity contribution in [2.75, 3.05) is 11.9 Å². The summed E-state index contributed by atoms with van der Waals surface area (Å²) in [7, 11) is 0. The topological polar surface area (TPSA) is 74.5 Å². The van der Waals surface area contributed by atoms with Crippen LogP contribution in [-0.2, 0) is 0 Å². The molecule has 0 amide bonds. The first-order chi connectivity index (χ1) is 9.88. The molecule has 0 spiro atoms. The van der Waals surface area contributed by atoms with E-state index in [0.717, 1.165) is 16.5 Å². The van der Waals surface area contributed by atoms with E-state index in [1.165, 1.54) is 0 Å². The van der Waals surface area contributed by atoms with Gasteiger partial charge in [0.15, 0.2) is 5.82 Å². The quantitative estimate of drug-likeness (QED) is 0.733. The van der Waals surface area contributed by atoms with Gasteiger partial charge in [0.2, 0.25) is 0 Å². The van der Waals surface area contributed by atoms with Gasteiger partial charge in [-0.3, -0.25) is 4.98 Å². The number of hydrogen-bond acceptors (Lipinski definition) is 5. The molecule has 0 unspecified atom stereocenters. The highest BCUT2D eigenvalue weighted by atomic mass is 15.0. The van der Waals surface area contributed by atoms with Crippen LogP contribution in [0.25, 0.3) is 22.3 Å². The van der Waals surface area contributed by atoms with Crippen LogP contribution in [0.5, 0.6) is 0 Å². The first-order valence-corrected chi connectivity index (χ1v) is 6.16. The number of nitrogens with one attached hydrogen (secondary N) is 1. The number of anilines is 1. The van der Waals surface area contributed by atoms with Crippen LogP contribution in [0, 0.1) is 11.3 Å². The summed E-state index contributed by atoms with van der Waals surface area (Å²) in [6.45, 7) is 0.205. The number of nitriles is 1. The molecular weight excluding hydrogens is 250 g/mol. The van der Waals surface area contributed by atoms with Gasteiger partial charge in [-0.15, -0.1) is 0 Å². The molecule has 1 aromatic carbocycles. The van der Waals surface area contributed by atoms with E-state index in [1.807, 2.05) is 36.4 Å². The molecule has 5 nitrogen and oxygen atoms in total. The second-order valence-electron chi connectivity index (χ2n) is 4.16. The van der Waals surface area contributed by atoms with Gasteiger partial charge in [0, 0.05) is 23.3 Å². The van der Waals surface area contributed by atoms with Crippen molar-refractivity contribution < 1.29 is 0 Å². The van der Waals surface area contributed by atoms with Gasteiger partial charge in [0.25, 0.3) is 0 Å². The lowest BCUT2D eigenvalue weighted by Crippen LogP contribution is -2.04. The largest absolute Gasteiger partial charge is 0.356 e. The molecule has 3 rings (SSSR count). The number of pyridine rings is 1. The number of benzene rings is 1. The van der Waals surface area contributed by atoms with Crippen LogP contribution in [0.15, 0.2) is 48.8 Å². The molecule has 2 aromatic heterocycles. The highest BCUT2D eigenvalue weighted by Gasteiger charge is 2.08. The summed E-state index contributed by atoms with van der Waals surface area (Å²) in [4.78, 5) is 13.1. The maximum atomic E-state index is 8.72. The molecule has 0 atom stereocenters. The van der Waals surface area contributed by atoms with Gasteiger partial charge in [0.1, 0.15) is 12.4 Å². The molecule has 20 heavy (non-hydrogen) atoms. The number of aromatic nitrogens is 3. The minimum absolute atomic E-state index is 0.205. The van der Waals surface area contributed by atoms with Gasteiger partial charge >= 0.3 is 0 Å². The Morgan fingerprint density at radius 3 is 2.65 bits per heavy atom. The highest BCUT2D eigenvalue weighted by molar-refractivity contribution is 5.90. The lowest BCUT2D eigenvalue weighted by Gasteiger charge is -2.08. The van der Waals surface area contributed by atoms with Crippen molar-refractivity contribution in [1.82, 2.24) is 15.0 Å². The summed E-state index contributed by atoms with van der Waals surface area (Å²) >= 11 is 0. The Balaban J connectivity index is 2.17. The zero-order valence-electron chi connectivity index (χ0n) is 10.6. The summed E-state index contributed by atoms with van der Waals surface area (Å²) in [5.41, 5.74) is 1.74. The lowest BCUT2D eigenvalue weighted by molar-refractivity contribution is 1.18. The van der Waals surface area contributed by atoms with Crippen LogP contribution < -0.4 is 5.32 Å². The van der Waals surface area contributed by atoms with Crippen molar-refractivity contribution in [3.63, 3.8) is 0 Å². The predicted molar refractivity (Wildman–Crippen MR) is 76.9 cm³/mol. The monoisotopic (exact) mass is 261 g/mol. The van der Waals surface area contributed by atoms with Crippen molar-refractivity contribution in [1.29, 1.82) is 5.26 Å². The first kappa shape index (κ1) is 12.1. The molecule has 1 N–H and O–H groups in total. The van der Waals surface area contributed by atoms with E-state index in [1.54, 1.807) is 12.4 Å². The lowest BCUT2D eigenvalue weighted by atomic mass is 10.2. The van der Waals surface area contributed by atoms with Crippen molar-refractivity contribution in [3.8, 4) is 17.5 Å². The fraction of sp³-hybridized carbons (Fsp3) is 0.0667. The number of para-hydroxylation sites is 1. The zero-order chi connectivity index (χ0) is 13.8. The molecule has 3 aromatic rings. The summed E-state index contributed by atoms with van der Waals surface area (Å²) < 4.78 is 0. The molecule has 0 bridgehead atoms. The first-order valence-electron chi connectivity index (χ1n) is 6.16. The molecule has 0 saturated carbocycles. The standard InChI is InChI=1S/C15H11N5/c16-7-10-18-15-12-3-1-2-4-13(12)19-14(20-15)11-5-8-17-9-6-11/h1-6,8-9H,10H2,(H,18,19,20). The Morgan fingerprint density at radius 1 is 1.05 bits per heavy atom. The molecule has 96 valence electrons. The van der Waals surface area contributed by atoms with Crippen LogP contribution in [0.3, 0.4) is 0 Å². The van der Waals surface area contributed by atoms with E-state index in [2.05, 4.69) is 26.3 Å². The van der Waals surface area contributed by atoms with Crippen molar-refractivity contribution >= 4 is 16.7 Å². The third-order valence-electron chi connectivity index (χ3n) is 2.88. The summed E-state index contributed by atoms with van der Waals surface area (Å²) in [6, 6.07) is 13.5.